The van der Waals surface area contributed by atoms with E-state index in [0.29, 0.717) is 5.56 Å². The third-order valence-electron chi connectivity index (χ3n) is 2.53. The lowest BCUT2D eigenvalue weighted by Crippen LogP contribution is -2.64. The molecule has 4 aliphatic rings. The lowest BCUT2D eigenvalue weighted by molar-refractivity contribution is -0.676. The van der Waals surface area contributed by atoms with Crippen molar-refractivity contribution in [3.63, 3.8) is 0 Å². The number of hydrogen-bond acceptors (Lipinski definition) is 6. The highest BCUT2D eigenvalue weighted by Crippen LogP contribution is 2.84. The van der Waals surface area contributed by atoms with Crippen molar-refractivity contribution >= 4 is 7.82 Å². The van der Waals surface area contributed by atoms with Crippen LogP contribution in [-0.4, -0.2) is 5.97 Å². The first-order chi connectivity index (χ1) is 7.18. The van der Waals surface area contributed by atoms with Crippen molar-refractivity contribution in [3.8, 4) is 0 Å². The summed E-state index contributed by atoms with van der Waals surface area (Å²) in [5.74, 6) is -2.80. The van der Waals surface area contributed by atoms with Gasteiger partial charge >= 0.3 is 19.6 Å². The molecule has 1 unspecified atom stereocenters. The maximum atomic E-state index is 11.5. The van der Waals surface area contributed by atoms with Gasteiger partial charge in [0.2, 0.25) is 0 Å². The molecule has 0 N–H and O–H groups in total. The summed E-state index contributed by atoms with van der Waals surface area (Å²) < 4.78 is 26.5. The highest BCUT2D eigenvalue weighted by Gasteiger charge is 2.90. The van der Waals surface area contributed by atoms with Crippen LogP contribution in [0.2, 0.25) is 0 Å². The van der Waals surface area contributed by atoms with Gasteiger partial charge in [0.05, 0.1) is 0 Å². The zero-order valence-corrected chi connectivity index (χ0v) is 8.18. The van der Waals surface area contributed by atoms with Gasteiger partial charge in [0.1, 0.15) is 0 Å². The van der Waals surface area contributed by atoms with Crippen molar-refractivity contribution in [2.45, 2.75) is 11.8 Å². The highest BCUT2D eigenvalue weighted by molar-refractivity contribution is 7.50. The molecular weight excluding hydrogens is 223 g/mol. The fourth-order valence-electron chi connectivity index (χ4n) is 1.84. The van der Waals surface area contributed by atoms with E-state index >= 15 is 0 Å². The van der Waals surface area contributed by atoms with Crippen LogP contribution in [0.4, 0.5) is 0 Å². The molecule has 1 aromatic carbocycles. The van der Waals surface area contributed by atoms with Gasteiger partial charge in [-0.15, -0.1) is 0 Å². The zero-order valence-electron chi connectivity index (χ0n) is 7.28. The predicted molar refractivity (Wildman–Crippen MR) is 43.9 cm³/mol. The topological polar surface area (TPSA) is 63.2 Å². The fraction of sp³-hybridized carbons (Fsp3) is 0.250. The summed E-state index contributed by atoms with van der Waals surface area (Å²) >= 11 is 0. The lowest BCUT2D eigenvalue weighted by atomic mass is 10.0. The summed E-state index contributed by atoms with van der Waals surface area (Å²) in [7, 11) is -3.44. The van der Waals surface area contributed by atoms with Crippen LogP contribution in [0.3, 0.4) is 0 Å². The van der Waals surface area contributed by atoms with Gasteiger partial charge < -0.3 is 0 Å². The molecule has 5 rings (SSSR count). The first kappa shape index (κ1) is 8.41. The molecule has 4 saturated heterocycles. The van der Waals surface area contributed by atoms with Crippen LogP contribution < -0.4 is 0 Å². The van der Waals surface area contributed by atoms with Gasteiger partial charge in [-0.25, -0.2) is 18.1 Å². The summed E-state index contributed by atoms with van der Waals surface area (Å²) in [6, 6.07) is 8.95. The lowest BCUT2D eigenvalue weighted by Gasteiger charge is -2.45. The van der Waals surface area contributed by atoms with Gasteiger partial charge in [-0.3, -0.25) is 0 Å². The van der Waals surface area contributed by atoms with Crippen LogP contribution in [0.25, 0.3) is 0 Å². The maximum Gasteiger partial charge on any atom is 0.487 e. The Morgan fingerprint density at radius 1 is 1.00 bits per heavy atom. The molecule has 1 atom stereocenters. The summed E-state index contributed by atoms with van der Waals surface area (Å²) in [6.45, 7) is 0. The predicted octanol–water partition coefficient (Wildman–Crippen LogP) is 1.64. The summed E-state index contributed by atoms with van der Waals surface area (Å²) in [6.07, 6.45) is 0. The molecule has 0 radical (unpaired) electrons. The largest absolute Gasteiger partial charge is 0.487 e. The number of phosphoric ester groups is 1. The minimum Gasteiger partial charge on any atom is -0.237 e. The molecule has 0 amide bonds. The molecule has 2 bridgehead atoms. The first-order valence-electron chi connectivity index (χ1n) is 4.33. The summed E-state index contributed by atoms with van der Waals surface area (Å²) in [4.78, 5) is 9.58. The quantitative estimate of drug-likeness (QED) is 0.537. The Morgan fingerprint density at radius 3 is 2.27 bits per heavy atom. The average Bonchev–Trinajstić information content (AvgIpc) is 2.47. The van der Waals surface area contributed by atoms with Crippen molar-refractivity contribution < 1.29 is 27.9 Å². The van der Waals surface area contributed by atoms with Crippen LogP contribution in [0, 0.1) is 0 Å². The second-order valence-electron chi connectivity index (χ2n) is 3.43. The van der Waals surface area contributed by atoms with Gasteiger partial charge in [0.15, 0.2) is 0 Å². The second kappa shape index (κ2) is 2.17. The van der Waals surface area contributed by atoms with Crippen molar-refractivity contribution in [1.29, 1.82) is 0 Å². The van der Waals surface area contributed by atoms with Gasteiger partial charge in [-0.05, 0) is 0 Å². The van der Waals surface area contributed by atoms with E-state index in [9.17, 15) is 4.57 Å². The molecule has 0 aliphatic carbocycles. The third-order valence-corrected chi connectivity index (χ3v) is 3.94. The van der Waals surface area contributed by atoms with E-state index in [-0.39, 0.29) is 0 Å². The number of hydrogen-bond donors (Lipinski definition) is 0. The van der Waals surface area contributed by atoms with Crippen molar-refractivity contribution in [3.05, 3.63) is 35.9 Å². The normalized spacial score (nSPS) is 50.4. The monoisotopic (exact) mass is 228 g/mol. The first-order valence-corrected chi connectivity index (χ1v) is 5.79. The van der Waals surface area contributed by atoms with Crippen LogP contribution in [0.15, 0.2) is 30.3 Å². The maximum absolute atomic E-state index is 11.5. The molecule has 1 spiro atoms. The second-order valence-corrected chi connectivity index (χ2v) is 4.87. The molecule has 6 nitrogen and oxygen atoms in total. The van der Waals surface area contributed by atoms with E-state index in [4.69, 9.17) is 18.5 Å². The Kier molecular flexibility index (Phi) is 1.22. The molecule has 4 heterocycles. The molecule has 7 heteroatoms. The minimum atomic E-state index is -3.44. The fourth-order valence-corrected chi connectivity index (χ4v) is 3.38. The Hall–Kier alpha value is -0.750. The van der Waals surface area contributed by atoms with E-state index in [2.05, 4.69) is 4.89 Å². The van der Waals surface area contributed by atoms with Gasteiger partial charge in [-0.1, -0.05) is 30.3 Å². The Bertz CT molecular complexity index is 477. The smallest absolute Gasteiger partial charge is 0.237 e. The molecule has 4 fully saturated rings. The van der Waals surface area contributed by atoms with Crippen LogP contribution in [0.1, 0.15) is 5.56 Å². The molecule has 0 aromatic heterocycles. The Morgan fingerprint density at radius 2 is 1.73 bits per heavy atom. The molecule has 4 aliphatic heterocycles. The Labute approximate surface area is 84.2 Å². The Balaban J connectivity index is 1.88. The molecule has 15 heavy (non-hydrogen) atoms. The van der Waals surface area contributed by atoms with Crippen molar-refractivity contribution in [2.75, 3.05) is 0 Å². The van der Waals surface area contributed by atoms with E-state index in [1.54, 1.807) is 24.3 Å². The average molecular weight is 228 g/mol. The number of benzene rings is 1. The molecule has 78 valence electrons. The van der Waals surface area contributed by atoms with Gasteiger partial charge in [0, 0.05) is 5.56 Å². The zero-order chi connectivity index (χ0) is 10.1. The van der Waals surface area contributed by atoms with Crippen LogP contribution >= 0.6 is 7.82 Å². The van der Waals surface area contributed by atoms with Crippen LogP contribution in [0.5, 0.6) is 0 Å². The standard InChI is InChI=1S/C8H5O6P/c9-15-12-7(6-4-2-1-3-5-6)8(13-15,14-15)11-10-7/h1-5H. The minimum absolute atomic E-state index is 0.645. The van der Waals surface area contributed by atoms with Crippen LogP contribution in [-0.2, 0) is 33.7 Å². The summed E-state index contributed by atoms with van der Waals surface area (Å²) in [5.41, 5.74) is 0.645. The summed E-state index contributed by atoms with van der Waals surface area (Å²) in [5, 5.41) is 0. The molecular formula is C8H5O6P. The van der Waals surface area contributed by atoms with Gasteiger partial charge in [-0.2, -0.15) is 9.78 Å². The number of rotatable bonds is 1. The molecule has 0 saturated carbocycles. The number of phosphoric acid groups is 1. The van der Waals surface area contributed by atoms with Crippen molar-refractivity contribution in [2.24, 2.45) is 0 Å². The van der Waals surface area contributed by atoms with E-state index in [1.807, 2.05) is 6.07 Å². The molecule has 1 aromatic rings. The van der Waals surface area contributed by atoms with Gasteiger partial charge in [0.25, 0.3) is 0 Å². The SMILES string of the molecule is O=P12OC3(OOC3(c3ccccc3)O1)O2. The third kappa shape index (κ3) is 0.751. The van der Waals surface area contributed by atoms with E-state index < -0.39 is 19.6 Å². The van der Waals surface area contributed by atoms with Crippen molar-refractivity contribution in [1.82, 2.24) is 0 Å². The highest BCUT2D eigenvalue weighted by atomic mass is 31.2. The van der Waals surface area contributed by atoms with E-state index in [0.717, 1.165) is 0 Å². The van der Waals surface area contributed by atoms with E-state index in [1.165, 1.54) is 0 Å².